The van der Waals surface area contributed by atoms with E-state index in [0.717, 1.165) is 5.88 Å². The van der Waals surface area contributed by atoms with Crippen molar-refractivity contribution in [2.45, 2.75) is 31.8 Å². The maximum Gasteiger partial charge on any atom is 0.0574 e. The Labute approximate surface area is 67.7 Å². The highest BCUT2D eigenvalue weighted by atomic mass is 35.5. The standard InChI is InChI=1S/C8H15ClO/c1-10-8-4-2-3-7(5-8)6-9/h7-8H,2-6H2,1H3/t7-,8+/m1/s1. The number of halogens is 1. The normalized spacial score (nSPS) is 34.2. The number of alkyl halides is 1. The zero-order chi connectivity index (χ0) is 7.40. The molecule has 0 aromatic carbocycles. The van der Waals surface area contributed by atoms with Crippen molar-refractivity contribution in [1.29, 1.82) is 0 Å². The van der Waals surface area contributed by atoms with Gasteiger partial charge in [0.05, 0.1) is 6.10 Å². The lowest BCUT2D eigenvalue weighted by Gasteiger charge is -2.26. The number of methoxy groups -OCH3 is 1. The first-order valence-electron chi connectivity index (χ1n) is 3.95. The van der Waals surface area contributed by atoms with Gasteiger partial charge in [-0.2, -0.15) is 0 Å². The summed E-state index contributed by atoms with van der Waals surface area (Å²) in [5.41, 5.74) is 0. The predicted octanol–water partition coefficient (Wildman–Crippen LogP) is 2.43. The molecular formula is C8H15ClO. The second-order valence-corrected chi connectivity index (χ2v) is 3.35. The summed E-state index contributed by atoms with van der Waals surface area (Å²) in [6.45, 7) is 0. The zero-order valence-electron chi connectivity index (χ0n) is 6.48. The molecule has 2 heteroatoms. The third-order valence-corrected chi connectivity index (χ3v) is 2.72. The van der Waals surface area contributed by atoms with Crippen LogP contribution in [0.5, 0.6) is 0 Å². The van der Waals surface area contributed by atoms with Gasteiger partial charge in [-0.15, -0.1) is 11.6 Å². The van der Waals surface area contributed by atoms with E-state index in [2.05, 4.69) is 0 Å². The summed E-state index contributed by atoms with van der Waals surface area (Å²) < 4.78 is 5.26. The smallest absolute Gasteiger partial charge is 0.0574 e. The van der Waals surface area contributed by atoms with Crippen LogP contribution >= 0.6 is 11.6 Å². The van der Waals surface area contributed by atoms with Crippen molar-refractivity contribution >= 4 is 11.6 Å². The fourth-order valence-electron chi connectivity index (χ4n) is 1.60. The van der Waals surface area contributed by atoms with Gasteiger partial charge >= 0.3 is 0 Å². The Balaban J connectivity index is 2.25. The summed E-state index contributed by atoms with van der Waals surface area (Å²) in [5.74, 6) is 1.51. The van der Waals surface area contributed by atoms with Gasteiger partial charge in [0, 0.05) is 13.0 Å². The Bertz CT molecular complexity index is 85.3. The molecule has 0 aliphatic heterocycles. The molecule has 1 nitrogen and oxygen atoms in total. The molecule has 60 valence electrons. The van der Waals surface area contributed by atoms with Crippen LogP contribution in [-0.2, 0) is 4.74 Å². The summed E-state index contributed by atoms with van der Waals surface area (Å²) >= 11 is 5.75. The Morgan fingerprint density at radius 1 is 1.50 bits per heavy atom. The van der Waals surface area contributed by atoms with Crippen LogP contribution in [0.15, 0.2) is 0 Å². The van der Waals surface area contributed by atoms with Crippen molar-refractivity contribution < 1.29 is 4.74 Å². The average molecular weight is 163 g/mol. The molecule has 1 fully saturated rings. The summed E-state index contributed by atoms with van der Waals surface area (Å²) in [6, 6.07) is 0. The van der Waals surface area contributed by atoms with E-state index in [1.165, 1.54) is 25.7 Å². The molecule has 0 N–H and O–H groups in total. The lowest BCUT2D eigenvalue weighted by molar-refractivity contribution is 0.0548. The second kappa shape index (κ2) is 4.20. The fraction of sp³-hybridized carbons (Fsp3) is 1.00. The van der Waals surface area contributed by atoms with Crippen molar-refractivity contribution in [3.63, 3.8) is 0 Å². The molecule has 10 heavy (non-hydrogen) atoms. The van der Waals surface area contributed by atoms with Crippen LogP contribution < -0.4 is 0 Å². The van der Waals surface area contributed by atoms with E-state index in [1.54, 1.807) is 7.11 Å². The minimum absolute atomic E-state index is 0.484. The van der Waals surface area contributed by atoms with E-state index < -0.39 is 0 Å². The Morgan fingerprint density at radius 3 is 2.90 bits per heavy atom. The molecule has 0 amide bonds. The molecule has 1 rings (SSSR count). The van der Waals surface area contributed by atoms with Crippen LogP contribution in [0.25, 0.3) is 0 Å². The van der Waals surface area contributed by atoms with E-state index in [-0.39, 0.29) is 0 Å². The van der Waals surface area contributed by atoms with Gasteiger partial charge in [0.25, 0.3) is 0 Å². The average Bonchev–Trinajstić information content (AvgIpc) is 2.05. The highest BCUT2D eigenvalue weighted by Crippen LogP contribution is 2.26. The lowest BCUT2D eigenvalue weighted by Crippen LogP contribution is -2.22. The minimum atomic E-state index is 0.484. The summed E-state index contributed by atoms with van der Waals surface area (Å²) in [4.78, 5) is 0. The maximum atomic E-state index is 5.75. The summed E-state index contributed by atoms with van der Waals surface area (Å²) in [7, 11) is 1.79. The van der Waals surface area contributed by atoms with Gasteiger partial charge in [0.2, 0.25) is 0 Å². The summed E-state index contributed by atoms with van der Waals surface area (Å²) in [5, 5.41) is 0. The van der Waals surface area contributed by atoms with Gasteiger partial charge in [-0.1, -0.05) is 6.42 Å². The van der Waals surface area contributed by atoms with E-state index in [4.69, 9.17) is 16.3 Å². The zero-order valence-corrected chi connectivity index (χ0v) is 7.23. The molecule has 1 saturated carbocycles. The lowest BCUT2D eigenvalue weighted by atomic mass is 9.88. The van der Waals surface area contributed by atoms with E-state index in [0.29, 0.717) is 12.0 Å². The molecule has 2 atom stereocenters. The van der Waals surface area contributed by atoms with E-state index in [9.17, 15) is 0 Å². The third kappa shape index (κ3) is 2.14. The summed E-state index contributed by atoms with van der Waals surface area (Å²) in [6.07, 6.45) is 5.46. The third-order valence-electron chi connectivity index (χ3n) is 2.29. The highest BCUT2D eigenvalue weighted by Gasteiger charge is 2.20. The molecule has 1 aliphatic rings. The first-order chi connectivity index (χ1) is 4.86. The molecule has 1 aliphatic carbocycles. The van der Waals surface area contributed by atoms with Crippen molar-refractivity contribution in [2.75, 3.05) is 13.0 Å². The van der Waals surface area contributed by atoms with Gasteiger partial charge in [0.1, 0.15) is 0 Å². The van der Waals surface area contributed by atoms with Gasteiger partial charge < -0.3 is 4.74 Å². The van der Waals surface area contributed by atoms with E-state index >= 15 is 0 Å². The number of ether oxygens (including phenoxy) is 1. The maximum absolute atomic E-state index is 5.75. The molecule has 0 spiro atoms. The van der Waals surface area contributed by atoms with Crippen LogP contribution in [0, 0.1) is 5.92 Å². The minimum Gasteiger partial charge on any atom is -0.381 e. The van der Waals surface area contributed by atoms with Crippen molar-refractivity contribution in [1.82, 2.24) is 0 Å². The Morgan fingerprint density at radius 2 is 2.30 bits per heavy atom. The highest BCUT2D eigenvalue weighted by molar-refractivity contribution is 6.18. The SMILES string of the molecule is CO[C@H]1CCC[C@@H](CCl)C1. The quantitative estimate of drug-likeness (QED) is 0.567. The Kier molecular flexibility index (Phi) is 3.50. The monoisotopic (exact) mass is 162 g/mol. The van der Waals surface area contributed by atoms with Crippen LogP contribution in [0.2, 0.25) is 0 Å². The topological polar surface area (TPSA) is 9.23 Å². The molecule has 0 bridgehead atoms. The van der Waals surface area contributed by atoms with E-state index in [1.807, 2.05) is 0 Å². The molecule has 0 unspecified atom stereocenters. The molecule has 0 aromatic rings. The molecule has 0 saturated heterocycles. The molecular weight excluding hydrogens is 148 g/mol. The van der Waals surface area contributed by atoms with Gasteiger partial charge in [-0.3, -0.25) is 0 Å². The van der Waals surface area contributed by atoms with Crippen molar-refractivity contribution in [3.05, 3.63) is 0 Å². The second-order valence-electron chi connectivity index (χ2n) is 3.04. The van der Waals surface area contributed by atoms with Gasteiger partial charge in [0.15, 0.2) is 0 Å². The first kappa shape index (κ1) is 8.35. The van der Waals surface area contributed by atoms with Crippen molar-refractivity contribution in [2.24, 2.45) is 5.92 Å². The number of hydrogen-bond acceptors (Lipinski definition) is 1. The number of rotatable bonds is 2. The fourth-order valence-corrected chi connectivity index (χ4v) is 1.88. The first-order valence-corrected chi connectivity index (χ1v) is 4.49. The van der Waals surface area contributed by atoms with Crippen LogP contribution in [0.1, 0.15) is 25.7 Å². The van der Waals surface area contributed by atoms with Crippen LogP contribution in [0.4, 0.5) is 0 Å². The number of hydrogen-bond donors (Lipinski definition) is 0. The molecule has 0 radical (unpaired) electrons. The van der Waals surface area contributed by atoms with Gasteiger partial charge in [-0.25, -0.2) is 0 Å². The Hall–Kier alpha value is 0.250. The van der Waals surface area contributed by atoms with Crippen LogP contribution in [-0.4, -0.2) is 19.1 Å². The predicted molar refractivity (Wildman–Crippen MR) is 43.5 cm³/mol. The molecule has 0 aromatic heterocycles. The molecule has 0 heterocycles. The van der Waals surface area contributed by atoms with Gasteiger partial charge in [-0.05, 0) is 25.2 Å². The largest absolute Gasteiger partial charge is 0.381 e. The van der Waals surface area contributed by atoms with Crippen LogP contribution in [0.3, 0.4) is 0 Å². The van der Waals surface area contributed by atoms with Crippen molar-refractivity contribution in [3.8, 4) is 0 Å².